The molecule has 0 aliphatic carbocycles. The molecule has 0 radical (unpaired) electrons. The quantitative estimate of drug-likeness (QED) is 0.833. The minimum Gasteiger partial charge on any atom is -0.380 e. The Balaban J connectivity index is 1.31. The molecule has 5 nitrogen and oxygen atoms in total. The van der Waals surface area contributed by atoms with Crippen LogP contribution in [0.1, 0.15) is 50.1 Å². The number of carbonyl (C=O) groups excluding carboxylic acids is 1. The Hall–Kier alpha value is -1.43. The Labute approximate surface area is 174 Å². The molecule has 4 saturated heterocycles. The van der Waals surface area contributed by atoms with Gasteiger partial charge in [0.2, 0.25) is 0 Å². The van der Waals surface area contributed by atoms with Gasteiger partial charge in [-0.3, -0.25) is 9.69 Å². The Bertz CT molecular complexity index is 731. The lowest BCUT2D eigenvalue weighted by atomic mass is 9.73. The van der Waals surface area contributed by atoms with E-state index in [0.717, 1.165) is 32.7 Å². The minimum absolute atomic E-state index is 0.00386. The molecule has 5 heteroatoms. The fourth-order valence-electron chi connectivity index (χ4n) is 6.50. The van der Waals surface area contributed by atoms with Crippen LogP contribution in [0.2, 0.25) is 0 Å². The second-order valence-corrected chi connectivity index (χ2v) is 10.0. The average molecular weight is 398 g/mol. The predicted molar refractivity (Wildman–Crippen MR) is 113 cm³/mol. The molecular weight excluding hydrogens is 362 g/mol. The van der Waals surface area contributed by atoms with Crippen molar-refractivity contribution >= 4 is 5.91 Å². The summed E-state index contributed by atoms with van der Waals surface area (Å²) >= 11 is 0. The van der Waals surface area contributed by atoms with E-state index >= 15 is 0 Å². The number of carbonyl (C=O) groups is 1. The van der Waals surface area contributed by atoms with Gasteiger partial charge >= 0.3 is 0 Å². The van der Waals surface area contributed by atoms with Crippen molar-refractivity contribution < 1.29 is 9.90 Å². The molecule has 0 saturated carbocycles. The van der Waals surface area contributed by atoms with Crippen molar-refractivity contribution in [1.82, 2.24) is 14.7 Å². The van der Waals surface area contributed by atoms with Crippen LogP contribution in [-0.4, -0.2) is 77.1 Å². The predicted octanol–water partition coefficient (Wildman–Crippen LogP) is 2.52. The van der Waals surface area contributed by atoms with Crippen LogP contribution in [0.25, 0.3) is 0 Å². The van der Waals surface area contributed by atoms with E-state index in [1.54, 1.807) is 0 Å². The molecule has 1 amide bonds. The highest BCUT2D eigenvalue weighted by atomic mass is 16.3. The number of likely N-dealkylation sites (tertiary alicyclic amines) is 2. The Kier molecular flexibility index (Phi) is 5.17. The summed E-state index contributed by atoms with van der Waals surface area (Å²) in [6, 6.07) is 12.1. The van der Waals surface area contributed by atoms with E-state index in [2.05, 4.69) is 47.2 Å². The highest BCUT2D eigenvalue weighted by molar-refractivity contribution is 5.85. The van der Waals surface area contributed by atoms with Gasteiger partial charge in [0.25, 0.3) is 5.91 Å². The number of benzene rings is 1. The van der Waals surface area contributed by atoms with E-state index < -0.39 is 5.60 Å². The second-order valence-electron chi connectivity index (χ2n) is 10.0. The summed E-state index contributed by atoms with van der Waals surface area (Å²) in [4.78, 5) is 20.3. The van der Waals surface area contributed by atoms with Crippen LogP contribution >= 0.6 is 0 Å². The number of rotatable bonds is 2. The van der Waals surface area contributed by atoms with Crippen molar-refractivity contribution in [3.63, 3.8) is 0 Å². The lowest BCUT2D eigenvalue weighted by Crippen LogP contribution is -2.63. The monoisotopic (exact) mass is 397 g/mol. The zero-order chi connectivity index (χ0) is 20.0. The number of nitrogens with zero attached hydrogens (tertiary/aromatic N) is 3. The molecule has 0 spiro atoms. The zero-order valence-corrected chi connectivity index (χ0v) is 17.7. The fourth-order valence-corrected chi connectivity index (χ4v) is 6.50. The molecule has 0 unspecified atom stereocenters. The first-order valence-corrected chi connectivity index (χ1v) is 11.5. The SMILES string of the molecule is CN1CCC(O)(C(=O)N2C[C@@H]3C[C@H](C2)[C@@H]2CCC[C@H](c4ccccc4)N2C3)CC1. The van der Waals surface area contributed by atoms with Gasteiger partial charge in [-0.2, -0.15) is 0 Å². The second kappa shape index (κ2) is 7.68. The molecule has 0 aromatic heterocycles. The topological polar surface area (TPSA) is 47.0 Å². The van der Waals surface area contributed by atoms with E-state index in [1.165, 1.54) is 31.2 Å². The first-order valence-electron chi connectivity index (χ1n) is 11.5. The van der Waals surface area contributed by atoms with Gasteiger partial charge in [-0.1, -0.05) is 30.3 Å². The molecule has 29 heavy (non-hydrogen) atoms. The van der Waals surface area contributed by atoms with Crippen LogP contribution < -0.4 is 0 Å². The Morgan fingerprint density at radius 1 is 1.07 bits per heavy atom. The molecule has 2 bridgehead atoms. The Morgan fingerprint density at radius 2 is 1.83 bits per heavy atom. The maximum atomic E-state index is 13.3. The van der Waals surface area contributed by atoms with Crippen LogP contribution in [0, 0.1) is 11.8 Å². The summed E-state index contributed by atoms with van der Waals surface area (Å²) in [6.45, 7) is 4.34. The van der Waals surface area contributed by atoms with Crippen LogP contribution in [0.5, 0.6) is 0 Å². The number of amides is 1. The molecule has 4 heterocycles. The fraction of sp³-hybridized carbons (Fsp3) is 0.708. The van der Waals surface area contributed by atoms with E-state index in [4.69, 9.17) is 0 Å². The maximum absolute atomic E-state index is 13.3. The van der Waals surface area contributed by atoms with E-state index in [9.17, 15) is 9.90 Å². The number of fused-ring (bicyclic) bond motifs is 4. The summed E-state index contributed by atoms with van der Waals surface area (Å²) < 4.78 is 0. The first kappa shape index (κ1) is 19.5. The molecule has 1 aromatic carbocycles. The summed E-state index contributed by atoms with van der Waals surface area (Å²) in [5.74, 6) is 1.09. The normalized spacial score (nSPS) is 35.2. The van der Waals surface area contributed by atoms with Crippen molar-refractivity contribution in [3.05, 3.63) is 35.9 Å². The smallest absolute Gasteiger partial charge is 0.254 e. The largest absolute Gasteiger partial charge is 0.380 e. The van der Waals surface area contributed by atoms with Gasteiger partial charge in [-0.05, 0) is 63.0 Å². The van der Waals surface area contributed by atoms with Crippen molar-refractivity contribution in [3.8, 4) is 0 Å². The average Bonchev–Trinajstić information content (AvgIpc) is 2.75. The number of hydrogen-bond acceptors (Lipinski definition) is 4. The van der Waals surface area contributed by atoms with Crippen LogP contribution in [0.3, 0.4) is 0 Å². The van der Waals surface area contributed by atoms with Gasteiger partial charge in [-0.25, -0.2) is 0 Å². The molecule has 4 fully saturated rings. The third-order valence-corrected chi connectivity index (χ3v) is 8.07. The highest BCUT2D eigenvalue weighted by Gasteiger charge is 2.49. The molecule has 4 aliphatic heterocycles. The molecule has 158 valence electrons. The van der Waals surface area contributed by atoms with E-state index in [-0.39, 0.29) is 5.91 Å². The molecule has 1 aromatic rings. The van der Waals surface area contributed by atoms with Gasteiger partial charge in [0.1, 0.15) is 5.60 Å². The van der Waals surface area contributed by atoms with Gasteiger partial charge in [-0.15, -0.1) is 0 Å². The molecule has 4 atom stereocenters. The summed E-state index contributed by atoms with van der Waals surface area (Å²) in [6.07, 6.45) is 6.15. The zero-order valence-electron chi connectivity index (χ0n) is 17.7. The van der Waals surface area contributed by atoms with Crippen molar-refractivity contribution in [1.29, 1.82) is 0 Å². The number of hydrogen-bond donors (Lipinski definition) is 1. The highest BCUT2D eigenvalue weighted by Crippen LogP contribution is 2.44. The summed E-state index contributed by atoms with van der Waals surface area (Å²) in [7, 11) is 2.07. The van der Waals surface area contributed by atoms with Gasteiger partial charge < -0.3 is 14.9 Å². The van der Waals surface area contributed by atoms with Crippen LogP contribution in [0.15, 0.2) is 30.3 Å². The summed E-state index contributed by atoms with van der Waals surface area (Å²) in [5.41, 5.74) is 0.308. The van der Waals surface area contributed by atoms with Crippen LogP contribution in [-0.2, 0) is 4.79 Å². The Morgan fingerprint density at radius 3 is 2.59 bits per heavy atom. The van der Waals surface area contributed by atoms with Gasteiger partial charge in [0, 0.05) is 44.8 Å². The van der Waals surface area contributed by atoms with Gasteiger partial charge in [0.15, 0.2) is 0 Å². The molecule has 1 N–H and O–H groups in total. The number of aliphatic hydroxyl groups is 1. The van der Waals surface area contributed by atoms with Crippen molar-refractivity contribution in [2.75, 3.05) is 39.8 Å². The van der Waals surface area contributed by atoms with E-state index in [1.807, 2.05) is 4.90 Å². The number of piperidine rings is 4. The van der Waals surface area contributed by atoms with Crippen molar-refractivity contribution in [2.24, 2.45) is 11.8 Å². The lowest BCUT2D eigenvalue weighted by molar-refractivity contribution is -0.163. The third kappa shape index (κ3) is 3.62. The third-order valence-electron chi connectivity index (χ3n) is 8.07. The lowest BCUT2D eigenvalue weighted by Gasteiger charge is -2.56. The van der Waals surface area contributed by atoms with Crippen molar-refractivity contribution in [2.45, 2.75) is 56.2 Å². The maximum Gasteiger partial charge on any atom is 0.254 e. The van der Waals surface area contributed by atoms with Gasteiger partial charge in [0.05, 0.1) is 0 Å². The molecule has 5 rings (SSSR count). The standard InChI is InChI=1S/C24H35N3O2/c1-25-12-10-24(29,11-13-25)23(28)26-15-18-14-20(17-26)22-9-5-8-21(27(22)16-18)19-6-3-2-4-7-19/h2-4,6-7,18,20-22,29H,5,8-17H2,1H3/t18-,20+,21+,22-/m0/s1. The van der Waals surface area contributed by atoms with E-state index in [0.29, 0.717) is 36.8 Å². The molecule has 4 aliphatic rings. The minimum atomic E-state index is -1.14. The van der Waals surface area contributed by atoms with Crippen LogP contribution in [0.4, 0.5) is 0 Å². The first-order chi connectivity index (χ1) is 14.0. The molecular formula is C24H35N3O2. The summed E-state index contributed by atoms with van der Waals surface area (Å²) in [5, 5.41) is 11.1.